The van der Waals surface area contributed by atoms with Gasteiger partial charge in [-0.05, 0) is 25.2 Å². The molecule has 0 radical (unpaired) electrons. The number of rotatable bonds is 4. The predicted octanol–water partition coefficient (Wildman–Crippen LogP) is -0.0617. The van der Waals surface area contributed by atoms with Gasteiger partial charge >= 0.3 is 0 Å². The molecule has 0 aromatic rings. The fraction of sp³-hybridized carbons (Fsp3) is 0.846. The van der Waals surface area contributed by atoms with Crippen molar-refractivity contribution in [2.75, 3.05) is 24.6 Å². The molecular formula is C13H22N2O4S. The van der Waals surface area contributed by atoms with E-state index in [4.69, 9.17) is 0 Å². The van der Waals surface area contributed by atoms with E-state index in [-0.39, 0.29) is 35.8 Å². The lowest BCUT2D eigenvalue weighted by Gasteiger charge is -2.41. The highest BCUT2D eigenvalue weighted by atomic mass is 32.2. The van der Waals surface area contributed by atoms with E-state index in [1.807, 2.05) is 13.8 Å². The van der Waals surface area contributed by atoms with Crippen LogP contribution in [-0.2, 0) is 19.4 Å². The highest BCUT2D eigenvalue weighted by Crippen LogP contribution is 2.25. The number of sulfone groups is 1. The molecule has 1 unspecified atom stereocenters. The monoisotopic (exact) mass is 302 g/mol. The number of hydrogen-bond acceptors (Lipinski definition) is 4. The maximum Gasteiger partial charge on any atom is 0.248 e. The normalized spacial score (nSPS) is 28.5. The molecule has 0 bridgehead atoms. The van der Waals surface area contributed by atoms with Crippen LogP contribution in [-0.4, -0.2) is 55.3 Å². The maximum atomic E-state index is 12.6. The standard InChI is InChI=1S/C13H22N2O4S/c1-3-13(4-2)12(17)15(8-11(16)14-13)7-10-5-6-20(18,19)9-10/h10H,3-9H2,1-2H3,(H,14,16). The van der Waals surface area contributed by atoms with Gasteiger partial charge in [0.05, 0.1) is 18.1 Å². The van der Waals surface area contributed by atoms with Crippen LogP contribution in [0.15, 0.2) is 0 Å². The number of nitrogens with zero attached hydrogens (tertiary/aromatic N) is 1. The molecule has 0 aromatic carbocycles. The van der Waals surface area contributed by atoms with E-state index in [2.05, 4.69) is 5.32 Å². The molecule has 2 fully saturated rings. The second-order valence-electron chi connectivity index (χ2n) is 5.79. The van der Waals surface area contributed by atoms with Crippen molar-refractivity contribution in [3.63, 3.8) is 0 Å². The summed E-state index contributed by atoms with van der Waals surface area (Å²) in [5.41, 5.74) is -0.813. The minimum Gasteiger partial charge on any atom is -0.340 e. The molecule has 2 rings (SSSR count). The molecule has 2 aliphatic rings. The Kier molecular flexibility index (Phi) is 4.09. The highest BCUT2D eigenvalue weighted by Gasteiger charge is 2.45. The first-order valence-corrected chi connectivity index (χ1v) is 8.95. The van der Waals surface area contributed by atoms with Gasteiger partial charge in [0.2, 0.25) is 11.8 Å². The number of hydrogen-bond donors (Lipinski definition) is 1. The lowest BCUT2D eigenvalue weighted by molar-refractivity contribution is -0.150. The maximum absolute atomic E-state index is 12.6. The van der Waals surface area contributed by atoms with Crippen molar-refractivity contribution in [3.05, 3.63) is 0 Å². The molecule has 1 atom stereocenters. The first-order valence-electron chi connectivity index (χ1n) is 7.12. The van der Waals surface area contributed by atoms with E-state index < -0.39 is 15.4 Å². The van der Waals surface area contributed by atoms with Gasteiger partial charge in [0, 0.05) is 6.54 Å². The van der Waals surface area contributed by atoms with Gasteiger partial charge < -0.3 is 10.2 Å². The Morgan fingerprint density at radius 1 is 1.30 bits per heavy atom. The second kappa shape index (κ2) is 5.35. The Hall–Kier alpha value is -1.11. The predicted molar refractivity (Wildman–Crippen MR) is 74.8 cm³/mol. The number of nitrogens with one attached hydrogen (secondary N) is 1. The molecule has 0 aromatic heterocycles. The fourth-order valence-electron chi connectivity index (χ4n) is 3.11. The summed E-state index contributed by atoms with van der Waals surface area (Å²) in [5, 5.41) is 2.80. The van der Waals surface area contributed by atoms with E-state index in [0.717, 1.165) is 0 Å². The van der Waals surface area contributed by atoms with Crippen molar-refractivity contribution in [2.45, 2.75) is 38.6 Å². The summed E-state index contributed by atoms with van der Waals surface area (Å²) >= 11 is 0. The van der Waals surface area contributed by atoms with Crippen LogP contribution in [0.2, 0.25) is 0 Å². The number of piperazine rings is 1. The zero-order valence-corrected chi connectivity index (χ0v) is 12.8. The molecule has 6 nitrogen and oxygen atoms in total. The summed E-state index contributed by atoms with van der Waals surface area (Å²) in [6, 6.07) is 0. The topological polar surface area (TPSA) is 83.6 Å². The largest absolute Gasteiger partial charge is 0.340 e. The quantitative estimate of drug-likeness (QED) is 0.788. The Bertz CT molecular complexity index is 510. The zero-order valence-electron chi connectivity index (χ0n) is 12.0. The van der Waals surface area contributed by atoms with Gasteiger partial charge in [-0.3, -0.25) is 9.59 Å². The highest BCUT2D eigenvalue weighted by molar-refractivity contribution is 7.91. The molecular weight excluding hydrogens is 280 g/mol. The summed E-state index contributed by atoms with van der Waals surface area (Å²) in [6.07, 6.45) is 1.68. The fourth-order valence-corrected chi connectivity index (χ4v) is 4.96. The second-order valence-corrected chi connectivity index (χ2v) is 8.02. The van der Waals surface area contributed by atoms with Crippen LogP contribution in [0.3, 0.4) is 0 Å². The molecule has 1 N–H and O–H groups in total. The van der Waals surface area contributed by atoms with E-state index in [0.29, 0.717) is 25.8 Å². The molecule has 2 aliphatic heterocycles. The summed E-state index contributed by atoms with van der Waals surface area (Å²) in [6.45, 7) is 4.17. The number of carbonyl (C=O) groups excluding carboxylic acids is 2. The third-order valence-corrected chi connectivity index (χ3v) is 6.26. The molecule has 0 saturated carbocycles. The molecule has 7 heteroatoms. The van der Waals surface area contributed by atoms with Crippen molar-refractivity contribution in [1.82, 2.24) is 10.2 Å². The summed E-state index contributed by atoms with van der Waals surface area (Å²) in [7, 11) is -2.96. The number of carbonyl (C=O) groups is 2. The lowest BCUT2D eigenvalue weighted by atomic mass is 9.88. The van der Waals surface area contributed by atoms with Gasteiger partial charge in [-0.15, -0.1) is 0 Å². The summed E-state index contributed by atoms with van der Waals surface area (Å²) in [4.78, 5) is 25.9. The van der Waals surface area contributed by atoms with Crippen LogP contribution >= 0.6 is 0 Å². The SMILES string of the molecule is CCC1(CC)NC(=O)CN(CC2CCS(=O)(=O)C2)C1=O. The van der Waals surface area contributed by atoms with Crippen molar-refractivity contribution >= 4 is 21.7 Å². The average molecular weight is 302 g/mol. The molecule has 20 heavy (non-hydrogen) atoms. The smallest absolute Gasteiger partial charge is 0.248 e. The Labute approximate surface area is 119 Å². The van der Waals surface area contributed by atoms with Crippen molar-refractivity contribution < 1.29 is 18.0 Å². The summed E-state index contributed by atoms with van der Waals surface area (Å²) in [5.74, 6) is 0.0456. The lowest BCUT2D eigenvalue weighted by Crippen LogP contribution is -2.66. The van der Waals surface area contributed by atoms with Crippen LogP contribution < -0.4 is 5.32 Å². The Morgan fingerprint density at radius 2 is 1.95 bits per heavy atom. The van der Waals surface area contributed by atoms with Gasteiger partial charge in [0.1, 0.15) is 5.54 Å². The third kappa shape index (κ3) is 2.82. The first kappa shape index (κ1) is 15.3. The van der Waals surface area contributed by atoms with Gasteiger partial charge in [0.25, 0.3) is 0 Å². The van der Waals surface area contributed by atoms with E-state index >= 15 is 0 Å². The van der Waals surface area contributed by atoms with Gasteiger partial charge in [-0.25, -0.2) is 8.42 Å². The van der Waals surface area contributed by atoms with Crippen molar-refractivity contribution in [1.29, 1.82) is 0 Å². The third-order valence-electron chi connectivity index (χ3n) is 4.42. The molecule has 0 aliphatic carbocycles. The molecule has 0 spiro atoms. The van der Waals surface area contributed by atoms with Gasteiger partial charge in [-0.2, -0.15) is 0 Å². The molecule has 2 amide bonds. The van der Waals surface area contributed by atoms with Crippen LogP contribution in [0.4, 0.5) is 0 Å². The van der Waals surface area contributed by atoms with Crippen molar-refractivity contribution in [2.24, 2.45) is 5.92 Å². The Morgan fingerprint density at radius 3 is 2.45 bits per heavy atom. The van der Waals surface area contributed by atoms with E-state index in [1.165, 1.54) is 4.90 Å². The molecule has 2 saturated heterocycles. The molecule has 114 valence electrons. The Balaban J connectivity index is 2.11. The van der Waals surface area contributed by atoms with Gasteiger partial charge in [0.15, 0.2) is 9.84 Å². The van der Waals surface area contributed by atoms with Crippen LogP contribution in [0, 0.1) is 5.92 Å². The van der Waals surface area contributed by atoms with Crippen LogP contribution in [0.25, 0.3) is 0 Å². The van der Waals surface area contributed by atoms with E-state index in [9.17, 15) is 18.0 Å². The summed E-state index contributed by atoms with van der Waals surface area (Å²) < 4.78 is 23.0. The number of amides is 2. The average Bonchev–Trinajstić information content (AvgIpc) is 2.73. The zero-order chi connectivity index (χ0) is 15.0. The van der Waals surface area contributed by atoms with Crippen LogP contribution in [0.5, 0.6) is 0 Å². The molecule has 2 heterocycles. The van der Waals surface area contributed by atoms with Crippen LogP contribution in [0.1, 0.15) is 33.1 Å². The first-order chi connectivity index (χ1) is 9.32. The van der Waals surface area contributed by atoms with E-state index in [1.54, 1.807) is 0 Å². The van der Waals surface area contributed by atoms with Crippen molar-refractivity contribution in [3.8, 4) is 0 Å². The minimum absolute atomic E-state index is 0.0388. The minimum atomic E-state index is -2.96. The van der Waals surface area contributed by atoms with Gasteiger partial charge in [-0.1, -0.05) is 13.8 Å².